The molecule has 0 bridgehead atoms. The average molecular weight is 701 g/mol. The van der Waals surface area contributed by atoms with Gasteiger partial charge in [-0.05, 0) is 90.9 Å². The average Bonchev–Trinajstić information content (AvgIpc) is 3.76. The van der Waals surface area contributed by atoms with Crippen molar-refractivity contribution in [1.29, 1.82) is 0 Å². The van der Waals surface area contributed by atoms with Crippen molar-refractivity contribution in [3.05, 3.63) is 126 Å². The fraction of sp³-hybridized carbons (Fsp3) is 0.286. The highest BCUT2D eigenvalue weighted by Crippen LogP contribution is 2.36. The molecule has 3 N–H and O–H groups in total. The van der Waals surface area contributed by atoms with Gasteiger partial charge in [0.1, 0.15) is 11.6 Å². The number of para-hydroxylation sites is 2. The summed E-state index contributed by atoms with van der Waals surface area (Å²) in [5.74, 6) is 0.642. The van der Waals surface area contributed by atoms with E-state index in [0.717, 1.165) is 62.9 Å². The predicted molar refractivity (Wildman–Crippen MR) is 204 cm³/mol. The molecular weight excluding hydrogens is 655 g/mol. The molecule has 6 aromatic rings. The van der Waals surface area contributed by atoms with E-state index in [4.69, 9.17) is 4.74 Å². The van der Waals surface area contributed by atoms with E-state index in [1.165, 1.54) is 17.7 Å². The molecule has 1 aliphatic rings. The monoisotopic (exact) mass is 700 g/mol. The third-order valence-corrected chi connectivity index (χ3v) is 10.3. The van der Waals surface area contributed by atoms with Gasteiger partial charge in [-0.3, -0.25) is 14.6 Å². The minimum Gasteiger partial charge on any atom is -0.496 e. The largest absolute Gasteiger partial charge is 0.496 e. The van der Waals surface area contributed by atoms with E-state index < -0.39 is 0 Å². The van der Waals surface area contributed by atoms with Crippen molar-refractivity contribution in [2.75, 3.05) is 32.1 Å². The molecule has 10 heteroatoms. The van der Waals surface area contributed by atoms with Crippen molar-refractivity contribution >= 4 is 45.0 Å². The molecule has 0 saturated carbocycles. The molecule has 2 aromatic heterocycles. The summed E-state index contributed by atoms with van der Waals surface area (Å²) in [5, 5.41) is 9.76. The zero-order chi connectivity index (χ0) is 36.2. The molecule has 2 amide bonds. The van der Waals surface area contributed by atoms with Crippen LogP contribution in [0.15, 0.2) is 103 Å². The number of halogens is 1. The summed E-state index contributed by atoms with van der Waals surface area (Å²) in [5.41, 5.74) is 7.13. The second-order valence-electron chi connectivity index (χ2n) is 13.7. The van der Waals surface area contributed by atoms with Crippen LogP contribution >= 0.6 is 0 Å². The molecular formula is C42H45FN6O3. The minimum atomic E-state index is -0.306. The van der Waals surface area contributed by atoms with Gasteiger partial charge < -0.3 is 24.9 Å². The van der Waals surface area contributed by atoms with E-state index in [9.17, 15) is 14.0 Å². The van der Waals surface area contributed by atoms with Crippen LogP contribution in [-0.2, 0) is 22.6 Å². The van der Waals surface area contributed by atoms with Crippen molar-refractivity contribution in [2.24, 2.45) is 0 Å². The molecule has 1 aliphatic heterocycles. The number of benzene rings is 4. The summed E-state index contributed by atoms with van der Waals surface area (Å²) in [6.45, 7) is 5.34. The number of hydrogen-bond acceptors (Lipinski definition) is 5. The minimum absolute atomic E-state index is 0.0484. The van der Waals surface area contributed by atoms with Crippen LogP contribution in [0.25, 0.3) is 21.8 Å². The number of hydrogen-bond donors (Lipinski definition) is 3. The number of ether oxygens (including phenoxy) is 1. The second kappa shape index (κ2) is 15.3. The Bertz CT molecular complexity index is 2170. The maximum Gasteiger partial charge on any atom is 0.234 e. The van der Waals surface area contributed by atoms with Gasteiger partial charge in [0.2, 0.25) is 11.8 Å². The van der Waals surface area contributed by atoms with Gasteiger partial charge in [-0.25, -0.2) is 9.40 Å². The molecule has 4 aromatic carbocycles. The third kappa shape index (κ3) is 7.52. The first-order valence-electron chi connectivity index (χ1n) is 17.9. The van der Waals surface area contributed by atoms with Gasteiger partial charge in [-0.15, -0.1) is 0 Å². The molecule has 0 unspecified atom stereocenters. The Hall–Kier alpha value is -5.61. The number of carbonyl (C=O) groups excluding carboxylic acids is 2. The summed E-state index contributed by atoms with van der Waals surface area (Å²) in [6, 6.07) is 28.2. The lowest BCUT2D eigenvalue weighted by atomic mass is 9.89. The van der Waals surface area contributed by atoms with Gasteiger partial charge in [-0.1, -0.05) is 36.4 Å². The zero-order valence-corrected chi connectivity index (χ0v) is 29.9. The molecule has 1 atom stereocenters. The van der Waals surface area contributed by atoms with Crippen molar-refractivity contribution in [2.45, 2.75) is 51.6 Å². The van der Waals surface area contributed by atoms with Gasteiger partial charge in [0.25, 0.3) is 0 Å². The van der Waals surface area contributed by atoms with Crippen molar-refractivity contribution in [1.82, 2.24) is 24.9 Å². The van der Waals surface area contributed by atoms with E-state index in [-0.39, 0.29) is 23.7 Å². The predicted octanol–water partition coefficient (Wildman–Crippen LogP) is 8.14. The molecule has 0 spiro atoms. The number of nitrogens with zero attached hydrogens (tertiary/aromatic N) is 3. The van der Waals surface area contributed by atoms with Crippen LogP contribution in [0.1, 0.15) is 49.3 Å². The molecule has 9 nitrogen and oxygen atoms in total. The number of hydrazine groups is 1. The van der Waals surface area contributed by atoms with Crippen LogP contribution in [0.3, 0.4) is 0 Å². The first kappa shape index (κ1) is 34.8. The molecule has 1 fully saturated rings. The molecule has 52 heavy (non-hydrogen) atoms. The molecule has 7 rings (SSSR count). The Labute approximate surface area is 303 Å². The van der Waals surface area contributed by atoms with E-state index in [2.05, 4.69) is 50.8 Å². The van der Waals surface area contributed by atoms with Crippen LogP contribution in [0.2, 0.25) is 0 Å². The number of H-pyrrole nitrogens is 2. The SMILES string of the molecule is COc1ccccc1CN(C[C@@H](Cc1c[nH]c2ccccc12)N(C(C)=O)N1CCC(c2c[nH]c3ccc(Nc4ccc(F)cc4)cc23)CC1)C(C)=O. The highest BCUT2D eigenvalue weighted by atomic mass is 19.1. The summed E-state index contributed by atoms with van der Waals surface area (Å²) in [7, 11) is 1.64. The lowest BCUT2D eigenvalue weighted by Gasteiger charge is -2.44. The summed E-state index contributed by atoms with van der Waals surface area (Å²) in [6.07, 6.45) is 6.44. The lowest BCUT2D eigenvalue weighted by Crippen LogP contribution is -2.57. The van der Waals surface area contributed by atoms with Gasteiger partial charge in [0, 0.05) is 91.2 Å². The molecule has 3 heterocycles. The van der Waals surface area contributed by atoms with Gasteiger partial charge in [0.15, 0.2) is 0 Å². The number of aromatic nitrogens is 2. The molecule has 268 valence electrons. The maximum atomic E-state index is 13.7. The Morgan fingerprint density at radius 1 is 0.846 bits per heavy atom. The standard InChI is InChI=1S/C42H45FN6O3/c1-28(50)47(26-31-8-4-7-11-42(31)52-3)27-36(22-32-24-44-40-10-6-5-9-37(32)40)49(29(2)51)48-20-18-30(19-21-48)39-25-45-41-17-16-35(23-38(39)41)46-34-14-12-33(43)13-15-34/h4-17,23-25,30,36,44-46H,18-22,26-27H2,1-3H3/t36-/m1/s1. The van der Waals surface area contributed by atoms with E-state index in [1.54, 1.807) is 33.1 Å². The molecule has 1 saturated heterocycles. The first-order valence-corrected chi connectivity index (χ1v) is 17.9. The van der Waals surface area contributed by atoms with E-state index in [0.29, 0.717) is 38.5 Å². The van der Waals surface area contributed by atoms with Gasteiger partial charge >= 0.3 is 0 Å². The second-order valence-corrected chi connectivity index (χ2v) is 13.7. The van der Waals surface area contributed by atoms with Gasteiger partial charge in [-0.2, -0.15) is 0 Å². The fourth-order valence-corrected chi connectivity index (χ4v) is 7.72. The van der Waals surface area contributed by atoms with Crippen LogP contribution < -0.4 is 10.1 Å². The van der Waals surface area contributed by atoms with E-state index >= 15 is 0 Å². The normalized spacial score (nSPS) is 14.4. The zero-order valence-electron chi connectivity index (χ0n) is 29.9. The quantitative estimate of drug-likeness (QED) is 0.120. The summed E-state index contributed by atoms with van der Waals surface area (Å²) < 4.78 is 19.1. The van der Waals surface area contributed by atoms with E-state index in [1.807, 2.05) is 58.6 Å². The topological polar surface area (TPSA) is 96.7 Å². The first-order chi connectivity index (χ1) is 25.3. The Balaban J connectivity index is 1.13. The Kier molecular flexibility index (Phi) is 10.3. The van der Waals surface area contributed by atoms with Crippen LogP contribution in [-0.4, -0.2) is 69.5 Å². The number of aromatic amines is 2. The summed E-state index contributed by atoms with van der Waals surface area (Å²) >= 11 is 0. The summed E-state index contributed by atoms with van der Waals surface area (Å²) in [4.78, 5) is 35.6. The number of piperidine rings is 1. The molecule has 0 aliphatic carbocycles. The number of carbonyl (C=O) groups is 2. The highest BCUT2D eigenvalue weighted by molar-refractivity contribution is 5.88. The highest BCUT2D eigenvalue weighted by Gasteiger charge is 2.34. The van der Waals surface area contributed by atoms with Crippen LogP contribution in [0.5, 0.6) is 5.75 Å². The number of anilines is 2. The van der Waals surface area contributed by atoms with Crippen LogP contribution in [0, 0.1) is 5.82 Å². The van der Waals surface area contributed by atoms with Crippen molar-refractivity contribution in [3.8, 4) is 5.75 Å². The Morgan fingerprint density at radius 2 is 1.54 bits per heavy atom. The van der Waals surface area contributed by atoms with Crippen LogP contribution in [0.4, 0.5) is 15.8 Å². The smallest absolute Gasteiger partial charge is 0.234 e. The number of fused-ring (bicyclic) bond motifs is 2. The molecule has 0 radical (unpaired) electrons. The maximum absolute atomic E-state index is 13.7. The fourth-order valence-electron chi connectivity index (χ4n) is 7.72. The lowest BCUT2D eigenvalue weighted by molar-refractivity contribution is -0.158. The van der Waals surface area contributed by atoms with Gasteiger partial charge in [0.05, 0.1) is 13.2 Å². The Morgan fingerprint density at radius 3 is 2.29 bits per heavy atom. The van der Waals surface area contributed by atoms with Crippen molar-refractivity contribution < 1.29 is 18.7 Å². The number of methoxy groups -OCH3 is 1. The number of rotatable bonds is 12. The van der Waals surface area contributed by atoms with Crippen molar-refractivity contribution in [3.63, 3.8) is 0 Å². The number of amides is 2. The third-order valence-electron chi connectivity index (χ3n) is 10.3. The number of nitrogens with one attached hydrogen (secondary N) is 3.